The summed E-state index contributed by atoms with van der Waals surface area (Å²) in [6, 6.07) is 5.26. The Morgan fingerprint density at radius 3 is 1.71 bits per heavy atom. The summed E-state index contributed by atoms with van der Waals surface area (Å²) in [7, 11) is -17.5. The Morgan fingerprint density at radius 2 is 1.21 bits per heavy atom. The molecule has 248 valence electrons. The third-order valence-electron chi connectivity index (χ3n) is 5.86. The van der Waals surface area contributed by atoms with E-state index >= 15 is 0 Å². The minimum Gasteiger partial charge on any atom is -0.744 e. The van der Waals surface area contributed by atoms with Crippen LogP contribution in [0.4, 0.5) is 34.1 Å². The summed E-state index contributed by atoms with van der Waals surface area (Å²) in [5.41, 5.74) is 8.92. The summed E-state index contributed by atoms with van der Waals surface area (Å²) in [6.45, 7) is 7.82. The molecule has 0 radical (unpaired) electrons. The quantitative estimate of drug-likeness (QED) is 0.0953. The molecule has 0 saturated carbocycles. The van der Waals surface area contributed by atoms with Gasteiger partial charge in [0.25, 0.3) is 0 Å². The van der Waals surface area contributed by atoms with E-state index in [-0.39, 0.29) is 88.4 Å². The number of hydrogen-bond donors (Lipinski definition) is 2. The Labute approximate surface area is 322 Å². The molecule has 0 amide bonds. The first-order valence-electron chi connectivity index (χ1n) is 11.7. The van der Waals surface area contributed by atoms with Gasteiger partial charge in [0.15, 0.2) is 19.7 Å². The third-order valence-corrected chi connectivity index (χ3v) is 10.4. The molecule has 3 aromatic rings. The van der Waals surface area contributed by atoms with Crippen molar-refractivity contribution in [1.82, 2.24) is 0 Å². The zero-order chi connectivity index (χ0) is 34.1. The first-order chi connectivity index (χ1) is 20.7. The van der Waals surface area contributed by atoms with E-state index in [0.29, 0.717) is 17.5 Å². The van der Waals surface area contributed by atoms with Crippen molar-refractivity contribution in [1.29, 1.82) is 0 Å². The fourth-order valence-corrected chi connectivity index (χ4v) is 6.64. The van der Waals surface area contributed by atoms with Crippen LogP contribution in [0, 0.1) is 6.92 Å². The average molecular weight is 761 g/mol. The van der Waals surface area contributed by atoms with Crippen molar-refractivity contribution in [2.24, 2.45) is 20.5 Å². The Balaban J connectivity index is 0.00000736. The molecule has 3 aromatic carbocycles. The van der Waals surface area contributed by atoms with E-state index < -0.39 is 83.0 Å². The molecule has 0 bridgehead atoms. The molecule has 0 aliphatic heterocycles. The van der Waals surface area contributed by atoms with Gasteiger partial charge in [-0.15, -0.1) is 20.5 Å². The van der Waals surface area contributed by atoms with Crippen molar-refractivity contribution in [2.75, 3.05) is 18.6 Å². The number of nitrogen functional groups attached to an aromatic ring is 2. The largest absolute Gasteiger partial charge is 1.00 e. The summed E-state index contributed by atoms with van der Waals surface area (Å²) in [4.78, 5) is -2.92. The summed E-state index contributed by atoms with van der Waals surface area (Å²) in [6.07, 6.45) is 0. The van der Waals surface area contributed by atoms with Gasteiger partial charge in [0.05, 0.1) is 38.1 Å². The molecule has 0 aliphatic carbocycles. The number of rotatable bonds is 11. The van der Waals surface area contributed by atoms with Gasteiger partial charge in [-0.2, -0.15) is 0 Å². The molecule has 0 heterocycles. The summed E-state index contributed by atoms with van der Waals surface area (Å²) in [5.74, 6) is -0.0947. The maximum atomic E-state index is 12.3. The summed E-state index contributed by atoms with van der Waals surface area (Å²) in [5, 5.41) is 16.2. The molecule has 0 fully saturated rings. The van der Waals surface area contributed by atoms with Gasteiger partial charge >= 0.3 is 59.1 Å². The topological polar surface area (TPSA) is 293 Å². The Hall–Kier alpha value is -2.54. The van der Waals surface area contributed by atoms with Crippen LogP contribution in [0.15, 0.2) is 100 Å². The van der Waals surface area contributed by atoms with Crippen molar-refractivity contribution < 1.29 is 107 Å². The number of hydrogen-bond acceptors (Lipinski definition) is 17. The predicted octanol–water partition coefficient (Wildman–Crippen LogP) is -1.71. The van der Waals surface area contributed by atoms with E-state index in [0.717, 1.165) is 23.6 Å². The molecule has 48 heavy (non-hydrogen) atoms. The van der Waals surface area contributed by atoms with Crippen molar-refractivity contribution in [3.05, 3.63) is 65.9 Å². The van der Waals surface area contributed by atoms with Gasteiger partial charge in [-0.25, -0.2) is 33.7 Å². The van der Waals surface area contributed by atoms with Crippen LogP contribution in [0.1, 0.15) is 13.0 Å². The number of benzene rings is 3. The van der Waals surface area contributed by atoms with E-state index in [2.05, 4.69) is 33.6 Å². The third kappa shape index (κ3) is 10.0. The smallest absolute Gasteiger partial charge is 0.744 e. The molecular weight excluding hydrogens is 735 g/mol. The van der Waals surface area contributed by atoms with Crippen LogP contribution >= 0.6 is 0 Å². The Morgan fingerprint density at radius 1 is 0.688 bits per heavy atom. The van der Waals surface area contributed by atoms with Gasteiger partial charge < -0.3 is 25.3 Å². The Bertz CT molecular complexity index is 2260. The van der Waals surface area contributed by atoms with Crippen LogP contribution in [-0.2, 0) is 39.9 Å². The maximum Gasteiger partial charge on any atom is 1.00 e. The van der Waals surface area contributed by atoms with Crippen LogP contribution in [-0.4, -0.2) is 49.9 Å². The fourth-order valence-electron chi connectivity index (χ4n) is 3.61. The maximum absolute atomic E-state index is 12.3. The first kappa shape index (κ1) is 45.5. The number of ether oxygens (including phenoxy) is 1. The van der Waals surface area contributed by atoms with Crippen LogP contribution in [0.3, 0.4) is 0 Å². The molecule has 3 rings (SSSR count). The summed E-state index contributed by atoms with van der Waals surface area (Å²) >= 11 is 0. The van der Waals surface area contributed by atoms with Crippen LogP contribution in [0.25, 0.3) is 0 Å². The minimum atomic E-state index is -5.34. The first-order valence-corrected chi connectivity index (χ1v) is 17.6. The predicted molar refractivity (Wildman–Crippen MR) is 165 cm³/mol. The molecule has 0 aliphatic rings. The second kappa shape index (κ2) is 16.9. The van der Waals surface area contributed by atoms with Crippen molar-refractivity contribution >= 4 is 74.0 Å². The zero-order valence-corrected chi connectivity index (χ0v) is 32.4. The standard InChI is InChI=1S/C24H24N6O11S4.CH4.2Na/c1-5-42(31,32)14-7-8-15(20(10-14)44(35,36)37)27-29-17-11-21(45(38,39)40)23(26)24(22(17)25)30-28-16-9-13(3)19(12-18(16)41-4)43(33,34)6-2;;;/h5-12H,1-2,25-26H2,3-4H3,(H,35,36,37)(H,38,39,40);1H4;;/q;;2*+1/p-2. The Kier molecular flexibility index (Phi) is 16.0. The number of anilines is 2. The number of sulfone groups is 2. The molecule has 17 nitrogen and oxygen atoms in total. The number of azo groups is 2. The summed E-state index contributed by atoms with van der Waals surface area (Å²) < 4.78 is 125. The number of aryl methyl sites for hydroxylation is 1. The van der Waals surface area contributed by atoms with E-state index in [1.807, 2.05) is 0 Å². The van der Waals surface area contributed by atoms with Gasteiger partial charge in [-0.3, -0.25) is 0 Å². The van der Waals surface area contributed by atoms with Gasteiger partial charge in [-0.05, 0) is 42.8 Å². The SMILES string of the molecule is C.C=CS(=O)(=O)c1ccc(N=Nc2cc(S(=O)(=O)[O-])c(N)c(N=Nc3cc(C)c(S(=O)(=O)C=C)cc3OC)c2N)c(S(=O)(=O)[O-])c1.[Na+].[Na+]. The normalized spacial score (nSPS) is 12.1. The van der Waals surface area contributed by atoms with E-state index in [1.54, 1.807) is 0 Å². The van der Waals surface area contributed by atoms with Crippen molar-refractivity contribution in [3.8, 4) is 5.75 Å². The molecule has 4 N–H and O–H groups in total. The molecule has 0 atom stereocenters. The fraction of sp³-hybridized carbons (Fsp3) is 0.120. The van der Waals surface area contributed by atoms with Crippen LogP contribution < -0.4 is 75.3 Å². The zero-order valence-electron chi connectivity index (χ0n) is 25.1. The number of nitrogens with two attached hydrogens (primary N) is 2. The molecule has 0 saturated heterocycles. The average Bonchev–Trinajstić information content (AvgIpc) is 2.95. The molecular formula is C25H26N6Na2O11S4. The van der Waals surface area contributed by atoms with Gasteiger partial charge in [0.2, 0.25) is 0 Å². The van der Waals surface area contributed by atoms with E-state index in [9.17, 15) is 42.8 Å². The van der Waals surface area contributed by atoms with Crippen molar-refractivity contribution in [2.45, 2.75) is 33.9 Å². The van der Waals surface area contributed by atoms with Crippen LogP contribution in [0.5, 0.6) is 5.75 Å². The van der Waals surface area contributed by atoms with E-state index in [1.165, 1.54) is 20.1 Å². The van der Waals surface area contributed by atoms with Crippen molar-refractivity contribution in [3.63, 3.8) is 0 Å². The molecule has 23 heteroatoms. The molecule has 0 spiro atoms. The van der Waals surface area contributed by atoms with Gasteiger partial charge in [0.1, 0.15) is 48.7 Å². The molecule has 0 unspecified atom stereocenters. The monoisotopic (exact) mass is 760 g/mol. The van der Waals surface area contributed by atoms with E-state index in [4.69, 9.17) is 16.2 Å². The second-order valence-electron chi connectivity index (χ2n) is 8.72. The van der Waals surface area contributed by atoms with Gasteiger partial charge in [-0.1, -0.05) is 20.6 Å². The van der Waals surface area contributed by atoms with Gasteiger partial charge in [0, 0.05) is 16.9 Å². The second-order valence-corrected chi connectivity index (χ2v) is 15.2. The number of nitrogens with zero attached hydrogens (tertiary/aromatic N) is 4. The molecule has 0 aromatic heterocycles. The number of methoxy groups -OCH3 is 1. The van der Waals surface area contributed by atoms with Crippen LogP contribution in [0.2, 0.25) is 0 Å². The minimum absolute atomic E-state index is 0.